The number of amides is 1. The Labute approximate surface area is 97.9 Å². The van der Waals surface area contributed by atoms with Gasteiger partial charge in [0, 0.05) is 27.2 Å². The molecular formula is C12H22N2O2. The zero-order valence-electron chi connectivity index (χ0n) is 10.9. The zero-order valence-corrected chi connectivity index (χ0v) is 10.9. The maximum absolute atomic E-state index is 11.8. The third kappa shape index (κ3) is 4.13. The van der Waals surface area contributed by atoms with Crippen molar-refractivity contribution >= 4 is 6.09 Å². The van der Waals surface area contributed by atoms with Crippen LogP contribution in [-0.4, -0.2) is 48.7 Å². The molecule has 1 heterocycles. The van der Waals surface area contributed by atoms with Gasteiger partial charge in [0.25, 0.3) is 0 Å². The van der Waals surface area contributed by atoms with Crippen LogP contribution in [0.5, 0.6) is 0 Å². The summed E-state index contributed by atoms with van der Waals surface area (Å²) in [7, 11) is 3.98. The fourth-order valence-electron chi connectivity index (χ4n) is 1.63. The molecular weight excluding hydrogens is 204 g/mol. The monoisotopic (exact) mass is 226 g/mol. The molecule has 1 rings (SSSR count). The molecule has 1 saturated heterocycles. The van der Waals surface area contributed by atoms with Gasteiger partial charge in [0.2, 0.25) is 0 Å². The summed E-state index contributed by atoms with van der Waals surface area (Å²) < 4.78 is 5.32. The van der Waals surface area contributed by atoms with Gasteiger partial charge in [-0.2, -0.15) is 0 Å². The summed E-state index contributed by atoms with van der Waals surface area (Å²) in [5.41, 5.74) is 0.862. The summed E-state index contributed by atoms with van der Waals surface area (Å²) in [5, 5.41) is 0. The lowest BCUT2D eigenvalue weighted by Crippen LogP contribution is -2.34. The Hall–Kier alpha value is -1.19. The predicted octanol–water partition coefficient (Wildman–Crippen LogP) is 2.07. The normalized spacial score (nSPS) is 19.1. The van der Waals surface area contributed by atoms with Gasteiger partial charge in [0.1, 0.15) is 5.60 Å². The van der Waals surface area contributed by atoms with Crippen LogP contribution in [0.4, 0.5) is 4.79 Å². The second kappa shape index (κ2) is 4.76. The first-order valence-corrected chi connectivity index (χ1v) is 5.62. The molecule has 0 aliphatic carbocycles. The largest absolute Gasteiger partial charge is 0.444 e. The smallest absolute Gasteiger partial charge is 0.410 e. The van der Waals surface area contributed by atoms with E-state index < -0.39 is 5.60 Å². The topological polar surface area (TPSA) is 32.8 Å². The molecule has 0 unspecified atom stereocenters. The van der Waals surface area contributed by atoms with Gasteiger partial charge in [-0.3, -0.25) is 0 Å². The number of hydrogen-bond acceptors (Lipinski definition) is 3. The molecule has 0 atom stereocenters. The summed E-state index contributed by atoms with van der Waals surface area (Å²) in [6.07, 6.45) is 2.80. The lowest BCUT2D eigenvalue weighted by molar-refractivity contribution is 0.0299. The van der Waals surface area contributed by atoms with Crippen molar-refractivity contribution < 1.29 is 9.53 Å². The maximum Gasteiger partial charge on any atom is 0.410 e. The second-order valence-corrected chi connectivity index (χ2v) is 5.40. The van der Waals surface area contributed by atoms with Crippen molar-refractivity contribution in [2.24, 2.45) is 0 Å². The van der Waals surface area contributed by atoms with Crippen molar-refractivity contribution in [3.63, 3.8) is 0 Å². The van der Waals surface area contributed by atoms with Crippen LogP contribution in [0, 0.1) is 0 Å². The highest BCUT2D eigenvalue weighted by atomic mass is 16.6. The van der Waals surface area contributed by atoms with E-state index in [0.29, 0.717) is 6.54 Å². The van der Waals surface area contributed by atoms with Crippen molar-refractivity contribution in [1.82, 2.24) is 9.80 Å². The Morgan fingerprint density at radius 1 is 1.44 bits per heavy atom. The Balaban J connectivity index is 2.50. The molecule has 1 fully saturated rings. The molecule has 4 heteroatoms. The number of carbonyl (C=O) groups excluding carboxylic acids is 1. The fourth-order valence-corrected chi connectivity index (χ4v) is 1.63. The molecule has 0 spiro atoms. The molecule has 1 amide bonds. The predicted molar refractivity (Wildman–Crippen MR) is 64.2 cm³/mol. The average Bonchev–Trinajstić information content (AvgIpc) is 2.48. The van der Waals surface area contributed by atoms with Crippen LogP contribution in [-0.2, 0) is 4.74 Å². The van der Waals surface area contributed by atoms with E-state index in [0.717, 1.165) is 13.0 Å². The van der Waals surface area contributed by atoms with Crippen LogP contribution in [0.1, 0.15) is 27.2 Å². The van der Waals surface area contributed by atoms with Gasteiger partial charge in [-0.05, 0) is 39.0 Å². The SMILES string of the molecule is CN(C)/C=C1/CCN(C(=O)OC(C)(C)C)C1. The van der Waals surface area contributed by atoms with Crippen molar-refractivity contribution in [2.75, 3.05) is 27.2 Å². The molecule has 0 aromatic carbocycles. The van der Waals surface area contributed by atoms with E-state index >= 15 is 0 Å². The lowest BCUT2D eigenvalue weighted by atomic mass is 10.2. The highest BCUT2D eigenvalue weighted by Crippen LogP contribution is 2.18. The first kappa shape index (κ1) is 12.9. The minimum Gasteiger partial charge on any atom is -0.444 e. The summed E-state index contributed by atoms with van der Waals surface area (Å²) >= 11 is 0. The quantitative estimate of drug-likeness (QED) is 0.686. The van der Waals surface area contributed by atoms with Crippen LogP contribution >= 0.6 is 0 Å². The molecule has 16 heavy (non-hydrogen) atoms. The molecule has 4 nitrogen and oxygen atoms in total. The molecule has 1 aliphatic heterocycles. The Kier molecular flexibility index (Phi) is 3.83. The minimum atomic E-state index is -0.412. The van der Waals surface area contributed by atoms with Gasteiger partial charge in [0.05, 0.1) is 0 Å². The molecule has 0 radical (unpaired) electrons. The average molecular weight is 226 g/mol. The third-order valence-corrected chi connectivity index (χ3v) is 2.19. The van der Waals surface area contributed by atoms with Gasteiger partial charge >= 0.3 is 6.09 Å². The van der Waals surface area contributed by atoms with E-state index in [4.69, 9.17) is 4.74 Å². The molecule has 1 aliphatic rings. The van der Waals surface area contributed by atoms with Crippen molar-refractivity contribution in [1.29, 1.82) is 0 Å². The van der Waals surface area contributed by atoms with Gasteiger partial charge in [-0.1, -0.05) is 0 Å². The highest BCUT2D eigenvalue weighted by Gasteiger charge is 2.26. The van der Waals surface area contributed by atoms with Gasteiger partial charge < -0.3 is 14.5 Å². The summed E-state index contributed by atoms with van der Waals surface area (Å²) in [6.45, 7) is 7.11. The molecule has 92 valence electrons. The van der Waals surface area contributed by atoms with Gasteiger partial charge in [0.15, 0.2) is 0 Å². The third-order valence-electron chi connectivity index (χ3n) is 2.19. The number of nitrogens with zero attached hydrogens (tertiary/aromatic N) is 2. The van der Waals surface area contributed by atoms with Crippen LogP contribution < -0.4 is 0 Å². The van der Waals surface area contributed by atoms with Crippen molar-refractivity contribution in [2.45, 2.75) is 32.8 Å². The zero-order chi connectivity index (χ0) is 12.3. The molecule has 0 saturated carbocycles. The van der Waals surface area contributed by atoms with Crippen molar-refractivity contribution in [3.8, 4) is 0 Å². The van der Waals surface area contributed by atoms with E-state index in [1.54, 1.807) is 4.90 Å². The van der Waals surface area contributed by atoms with Crippen LogP contribution in [0.3, 0.4) is 0 Å². The van der Waals surface area contributed by atoms with Crippen LogP contribution in [0.15, 0.2) is 11.8 Å². The van der Waals surface area contributed by atoms with E-state index in [1.165, 1.54) is 5.57 Å². The van der Waals surface area contributed by atoms with E-state index in [2.05, 4.69) is 6.20 Å². The standard InChI is InChI=1S/C12H22N2O2/c1-12(2,3)16-11(15)14-7-6-10(9-14)8-13(4)5/h8H,6-7,9H2,1-5H3/b10-8-. The van der Waals surface area contributed by atoms with E-state index in [9.17, 15) is 4.79 Å². The first-order chi connectivity index (χ1) is 7.28. The second-order valence-electron chi connectivity index (χ2n) is 5.40. The fraction of sp³-hybridized carbons (Fsp3) is 0.750. The van der Waals surface area contributed by atoms with Crippen LogP contribution in [0.25, 0.3) is 0 Å². The highest BCUT2D eigenvalue weighted by molar-refractivity contribution is 5.69. The first-order valence-electron chi connectivity index (χ1n) is 5.62. The van der Waals surface area contributed by atoms with E-state index in [1.807, 2.05) is 39.8 Å². The minimum absolute atomic E-state index is 0.213. The van der Waals surface area contributed by atoms with Gasteiger partial charge in [-0.15, -0.1) is 0 Å². The lowest BCUT2D eigenvalue weighted by Gasteiger charge is -2.24. The molecule has 0 N–H and O–H groups in total. The number of carbonyl (C=O) groups is 1. The molecule has 0 aromatic rings. The Bertz CT molecular complexity index is 290. The van der Waals surface area contributed by atoms with E-state index in [-0.39, 0.29) is 6.09 Å². The Morgan fingerprint density at radius 2 is 2.06 bits per heavy atom. The number of ether oxygens (including phenoxy) is 1. The number of likely N-dealkylation sites (tertiary alicyclic amines) is 1. The number of hydrogen-bond donors (Lipinski definition) is 0. The van der Waals surface area contributed by atoms with Crippen molar-refractivity contribution in [3.05, 3.63) is 11.8 Å². The summed E-state index contributed by atoms with van der Waals surface area (Å²) in [5.74, 6) is 0. The number of rotatable bonds is 1. The summed E-state index contributed by atoms with van der Waals surface area (Å²) in [6, 6.07) is 0. The maximum atomic E-state index is 11.8. The summed E-state index contributed by atoms with van der Waals surface area (Å²) in [4.78, 5) is 15.5. The van der Waals surface area contributed by atoms with Gasteiger partial charge in [-0.25, -0.2) is 4.79 Å². The molecule has 0 aromatic heterocycles. The Morgan fingerprint density at radius 3 is 2.56 bits per heavy atom. The van der Waals surface area contributed by atoms with Crippen LogP contribution in [0.2, 0.25) is 0 Å². The molecule has 0 bridgehead atoms.